The predicted octanol–water partition coefficient (Wildman–Crippen LogP) is 1.57. The van der Waals surface area contributed by atoms with Gasteiger partial charge in [0.05, 0.1) is 11.1 Å². The summed E-state index contributed by atoms with van der Waals surface area (Å²) < 4.78 is 17.9. The summed E-state index contributed by atoms with van der Waals surface area (Å²) in [6.07, 6.45) is -0.171. The molecule has 0 saturated carbocycles. The zero-order valence-corrected chi connectivity index (χ0v) is 8.88. The number of hydrogen-bond acceptors (Lipinski definition) is 3. The molecule has 0 fully saturated rings. The van der Waals surface area contributed by atoms with Crippen molar-refractivity contribution in [1.82, 2.24) is 0 Å². The summed E-state index contributed by atoms with van der Waals surface area (Å²) in [4.78, 5) is 0. The minimum atomic E-state index is -0.629. The van der Waals surface area contributed by atoms with Crippen molar-refractivity contribution in [2.45, 2.75) is 12.5 Å². The molecule has 0 radical (unpaired) electrons. The highest BCUT2D eigenvalue weighted by Crippen LogP contribution is 2.24. The van der Waals surface area contributed by atoms with E-state index in [9.17, 15) is 9.50 Å². The fourth-order valence-corrected chi connectivity index (χ4v) is 1.28. The van der Waals surface area contributed by atoms with Gasteiger partial charge in [-0.2, -0.15) is 0 Å². The van der Waals surface area contributed by atoms with Crippen LogP contribution in [0.15, 0.2) is 18.2 Å². The van der Waals surface area contributed by atoms with E-state index in [1.54, 1.807) is 0 Å². The van der Waals surface area contributed by atoms with Gasteiger partial charge in [0.15, 0.2) is 0 Å². The molecule has 1 atom stereocenters. The number of halogens is 2. The van der Waals surface area contributed by atoms with Gasteiger partial charge in [-0.15, -0.1) is 0 Å². The van der Waals surface area contributed by atoms with Gasteiger partial charge in [-0.05, 0) is 31.2 Å². The molecule has 1 aromatic carbocycles. The second-order valence-electron chi connectivity index (χ2n) is 3.12. The van der Waals surface area contributed by atoms with Crippen molar-refractivity contribution in [3.05, 3.63) is 29.0 Å². The average Bonchev–Trinajstić information content (AvgIpc) is 2.17. The zero-order chi connectivity index (χ0) is 11.3. The highest BCUT2D eigenvalue weighted by molar-refractivity contribution is 6.32. The third-order valence-electron chi connectivity index (χ3n) is 1.83. The number of aliphatic hydroxyl groups excluding tert-OH is 1. The molecule has 5 heteroatoms. The first-order valence-corrected chi connectivity index (χ1v) is 4.97. The van der Waals surface area contributed by atoms with E-state index >= 15 is 0 Å². The maximum atomic E-state index is 12.7. The fraction of sp³-hybridized carbons (Fsp3) is 0.400. The monoisotopic (exact) mass is 233 g/mol. The van der Waals surface area contributed by atoms with E-state index in [2.05, 4.69) is 0 Å². The lowest BCUT2D eigenvalue weighted by molar-refractivity contribution is 0.102. The highest BCUT2D eigenvalue weighted by atomic mass is 35.5. The summed E-state index contributed by atoms with van der Waals surface area (Å²) in [7, 11) is 0. The molecule has 0 aliphatic carbocycles. The minimum Gasteiger partial charge on any atom is -0.489 e. The van der Waals surface area contributed by atoms with Crippen LogP contribution in [-0.4, -0.2) is 24.4 Å². The van der Waals surface area contributed by atoms with Gasteiger partial charge in [-0.1, -0.05) is 11.6 Å². The molecule has 15 heavy (non-hydrogen) atoms. The molecule has 0 bridgehead atoms. The quantitative estimate of drug-likeness (QED) is 0.812. The van der Waals surface area contributed by atoms with Crippen molar-refractivity contribution in [2.24, 2.45) is 5.73 Å². The van der Waals surface area contributed by atoms with E-state index in [-0.39, 0.29) is 11.6 Å². The Hall–Kier alpha value is -0.840. The van der Waals surface area contributed by atoms with Crippen LogP contribution in [-0.2, 0) is 0 Å². The third-order valence-corrected chi connectivity index (χ3v) is 2.12. The standard InChI is InChI=1S/C10H13ClFNO2/c11-9-5-7(12)1-2-10(9)15-6-8(14)3-4-13/h1-2,5,8,14H,3-4,6,13H2. The maximum Gasteiger partial charge on any atom is 0.138 e. The van der Waals surface area contributed by atoms with E-state index in [4.69, 9.17) is 22.1 Å². The number of benzene rings is 1. The zero-order valence-electron chi connectivity index (χ0n) is 8.12. The third kappa shape index (κ3) is 4.03. The van der Waals surface area contributed by atoms with Crippen molar-refractivity contribution in [1.29, 1.82) is 0 Å². The molecule has 0 heterocycles. The first-order chi connectivity index (χ1) is 7.13. The molecule has 1 rings (SSSR count). The number of rotatable bonds is 5. The first kappa shape index (κ1) is 12.2. The highest BCUT2D eigenvalue weighted by Gasteiger charge is 2.07. The van der Waals surface area contributed by atoms with E-state index in [1.807, 2.05) is 0 Å². The number of aliphatic hydroxyl groups is 1. The van der Waals surface area contributed by atoms with Crippen molar-refractivity contribution < 1.29 is 14.2 Å². The first-order valence-electron chi connectivity index (χ1n) is 4.59. The van der Waals surface area contributed by atoms with Gasteiger partial charge in [0.25, 0.3) is 0 Å². The van der Waals surface area contributed by atoms with Gasteiger partial charge < -0.3 is 15.6 Å². The van der Waals surface area contributed by atoms with Gasteiger partial charge >= 0.3 is 0 Å². The minimum absolute atomic E-state index is 0.0998. The van der Waals surface area contributed by atoms with Crippen LogP contribution < -0.4 is 10.5 Å². The lowest BCUT2D eigenvalue weighted by Gasteiger charge is -2.12. The summed E-state index contributed by atoms with van der Waals surface area (Å²) >= 11 is 5.72. The smallest absolute Gasteiger partial charge is 0.138 e. The van der Waals surface area contributed by atoms with Gasteiger partial charge in [-0.3, -0.25) is 0 Å². The van der Waals surface area contributed by atoms with Crippen LogP contribution in [0.25, 0.3) is 0 Å². The Morgan fingerprint density at radius 3 is 2.87 bits per heavy atom. The number of ether oxygens (including phenoxy) is 1. The Bertz CT molecular complexity index is 322. The van der Waals surface area contributed by atoms with Crippen molar-refractivity contribution >= 4 is 11.6 Å². The van der Waals surface area contributed by atoms with Crippen molar-refractivity contribution in [3.63, 3.8) is 0 Å². The fourth-order valence-electron chi connectivity index (χ4n) is 1.05. The van der Waals surface area contributed by atoms with Gasteiger partial charge in [0, 0.05) is 0 Å². The molecule has 84 valence electrons. The Balaban J connectivity index is 2.50. The second-order valence-corrected chi connectivity index (χ2v) is 3.52. The van der Waals surface area contributed by atoms with Crippen LogP contribution >= 0.6 is 11.6 Å². The van der Waals surface area contributed by atoms with Crippen LogP contribution in [0.2, 0.25) is 5.02 Å². The SMILES string of the molecule is NCCC(O)COc1ccc(F)cc1Cl. The van der Waals surface area contributed by atoms with Gasteiger partial charge in [0.2, 0.25) is 0 Å². The van der Waals surface area contributed by atoms with Crippen LogP contribution in [0.3, 0.4) is 0 Å². The second kappa shape index (κ2) is 5.90. The summed E-state index contributed by atoms with van der Waals surface area (Å²) in [6, 6.07) is 3.83. The summed E-state index contributed by atoms with van der Waals surface area (Å²) in [5.41, 5.74) is 5.26. The molecular formula is C10H13ClFNO2. The Morgan fingerprint density at radius 1 is 1.53 bits per heavy atom. The van der Waals surface area contributed by atoms with Gasteiger partial charge in [0.1, 0.15) is 18.2 Å². The normalized spacial score (nSPS) is 12.5. The van der Waals surface area contributed by atoms with Crippen LogP contribution in [0.5, 0.6) is 5.75 Å². The molecule has 0 amide bonds. The summed E-state index contributed by atoms with van der Waals surface area (Å²) in [6.45, 7) is 0.490. The molecule has 0 aliphatic heterocycles. The average molecular weight is 234 g/mol. The summed E-state index contributed by atoms with van der Waals surface area (Å²) in [5.74, 6) is -0.0657. The Morgan fingerprint density at radius 2 is 2.27 bits per heavy atom. The summed E-state index contributed by atoms with van der Waals surface area (Å²) in [5, 5.41) is 9.52. The van der Waals surface area contributed by atoms with Gasteiger partial charge in [-0.25, -0.2) is 4.39 Å². The van der Waals surface area contributed by atoms with Crippen LogP contribution in [0.1, 0.15) is 6.42 Å². The molecule has 3 nitrogen and oxygen atoms in total. The van der Waals surface area contributed by atoms with E-state index < -0.39 is 11.9 Å². The number of nitrogens with two attached hydrogens (primary N) is 1. The molecule has 0 aromatic heterocycles. The van der Waals surface area contributed by atoms with Crippen molar-refractivity contribution in [3.8, 4) is 5.75 Å². The maximum absolute atomic E-state index is 12.7. The molecule has 0 spiro atoms. The molecular weight excluding hydrogens is 221 g/mol. The predicted molar refractivity (Wildman–Crippen MR) is 56.6 cm³/mol. The molecule has 1 unspecified atom stereocenters. The van der Waals surface area contributed by atoms with Crippen molar-refractivity contribution in [2.75, 3.05) is 13.2 Å². The van der Waals surface area contributed by atoms with E-state index in [1.165, 1.54) is 12.1 Å². The Labute approximate surface area is 92.6 Å². The largest absolute Gasteiger partial charge is 0.489 e. The molecule has 0 aliphatic rings. The molecule has 1 aromatic rings. The lowest BCUT2D eigenvalue weighted by Crippen LogP contribution is -2.21. The lowest BCUT2D eigenvalue weighted by atomic mass is 10.3. The molecule has 3 N–H and O–H groups in total. The van der Waals surface area contributed by atoms with Crippen LogP contribution in [0, 0.1) is 5.82 Å². The topological polar surface area (TPSA) is 55.5 Å². The van der Waals surface area contributed by atoms with Crippen LogP contribution in [0.4, 0.5) is 4.39 Å². The Kier molecular flexibility index (Phi) is 4.81. The number of hydrogen-bond donors (Lipinski definition) is 2. The molecule has 0 saturated heterocycles. The van der Waals surface area contributed by atoms with E-state index in [0.717, 1.165) is 6.07 Å². The van der Waals surface area contributed by atoms with E-state index in [0.29, 0.717) is 18.7 Å².